The van der Waals surface area contributed by atoms with Crippen molar-refractivity contribution in [3.63, 3.8) is 0 Å². The first-order valence-corrected chi connectivity index (χ1v) is 10.3. The number of nitrogens with zero attached hydrogens (tertiary/aromatic N) is 1. The Morgan fingerprint density at radius 3 is 2.48 bits per heavy atom. The van der Waals surface area contributed by atoms with Crippen LogP contribution in [0.15, 0.2) is 24.3 Å². The molecule has 0 aliphatic carbocycles. The number of carboxylic acid groups (broad SMARTS) is 1. The first-order valence-electron chi connectivity index (χ1n) is 10.3. The van der Waals surface area contributed by atoms with Crippen LogP contribution in [-0.2, 0) is 20.9 Å². The zero-order valence-electron chi connectivity index (χ0n) is 18.0. The quantitative estimate of drug-likeness (QED) is 0.343. The summed E-state index contributed by atoms with van der Waals surface area (Å²) < 4.78 is 19.2. The number of ether oxygens (including phenoxy) is 1. The number of aliphatic carboxylic acids is 1. The predicted molar refractivity (Wildman–Crippen MR) is 111 cm³/mol. The Balaban J connectivity index is 2.08. The lowest BCUT2D eigenvalue weighted by atomic mass is 10.1. The fourth-order valence-corrected chi connectivity index (χ4v) is 3.17. The number of hydrogen-bond donors (Lipinski definition) is 2. The summed E-state index contributed by atoms with van der Waals surface area (Å²) in [5.74, 6) is -1.23. The van der Waals surface area contributed by atoms with Crippen LogP contribution in [0.2, 0.25) is 0 Å². The maximum atomic E-state index is 13.1. The van der Waals surface area contributed by atoms with E-state index in [1.807, 2.05) is 27.2 Å². The number of unbranched alkanes of at least 4 members (excludes halogenated alkanes) is 4. The third-order valence-electron chi connectivity index (χ3n) is 4.40. The van der Waals surface area contributed by atoms with E-state index in [1.54, 1.807) is 6.07 Å². The van der Waals surface area contributed by atoms with Crippen LogP contribution in [0.1, 0.15) is 50.5 Å². The zero-order chi connectivity index (χ0) is 21.7. The molecule has 1 unspecified atom stereocenters. The smallest absolute Gasteiger partial charge is 0.305 e. The lowest BCUT2D eigenvalue weighted by Crippen LogP contribution is -2.49. The first-order chi connectivity index (χ1) is 13.7. The van der Waals surface area contributed by atoms with Crippen molar-refractivity contribution in [1.82, 2.24) is 5.32 Å². The van der Waals surface area contributed by atoms with Gasteiger partial charge < -0.3 is 19.6 Å². The Kier molecular flexibility index (Phi) is 11.5. The van der Waals surface area contributed by atoms with Crippen molar-refractivity contribution in [2.45, 2.75) is 57.6 Å². The summed E-state index contributed by atoms with van der Waals surface area (Å²) in [4.78, 5) is 23.1. The van der Waals surface area contributed by atoms with Gasteiger partial charge in [0.25, 0.3) is 0 Å². The van der Waals surface area contributed by atoms with Crippen molar-refractivity contribution in [3.8, 4) is 0 Å². The van der Waals surface area contributed by atoms with Gasteiger partial charge in [-0.2, -0.15) is 0 Å². The highest BCUT2D eigenvalue weighted by molar-refractivity contribution is 5.77. The second kappa shape index (κ2) is 13.3. The highest BCUT2D eigenvalue weighted by Gasteiger charge is 2.22. The second-order valence-corrected chi connectivity index (χ2v) is 8.54. The number of rotatable bonds is 15. The van der Waals surface area contributed by atoms with Crippen LogP contribution in [0.25, 0.3) is 0 Å². The Morgan fingerprint density at radius 2 is 1.83 bits per heavy atom. The Morgan fingerprint density at radius 1 is 1.14 bits per heavy atom. The number of hydrogen-bond acceptors (Lipinski definition) is 3. The molecule has 7 heteroatoms. The minimum Gasteiger partial charge on any atom is -0.481 e. The number of likely N-dealkylation sites (N-methyl/N-ethyl adjacent to an activating group) is 1. The van der Waals surface area contributed by atoms with Crippen molar-refractivity contribution in [2.24, 2.45) is 0 Å². The number of quaternary nitrogens is 1. The molecular weight excluding hydrogens is 375 g/mol. The van der Waals surface area contributed by atoms with Gasteiger partial charge in [-0.1, -0.05) is 31.4 Å². The van der Waals surface area contributed by atoms with Gasteiger partial charge in [0.2, 0.25) is 5.91 Å². The molecule has 2 N–H and O–H groups in total. The molecule has 0 bridgehead atoms. The van der Waals surface area contributed by atoms with E-state index in [0.717, 1.165) is 37.7 Å². The van der Waals surface area contributed by atoms with E-state index in [1.165, 1.54) is 12.1 Å². The summed E-state index contributed by atoms with van der Waals surface area (Å²) in [5, 5.41) is 11.9. The molecule has 0 spiro atoms. The second-order valence-electron chi connectivity index (χ2n) is 8.54. The number of carbonyl (C=O) groups is 2. The molecule has 1 rings (SSSR count). The molecular formula is C22H36FN2O4+. The SMILES string of the molecule is C[N+](C)(C)CC(CC(=O)O)NC(=O)CCCCCCCOCc1cccc(F)c1. The topological polar surface area (TPSA) is 75.6 Å². The summed E-state index contributed by atoms with van der Waals surface area (Å²) in [6, 6.07) is 6.06. The zero-order valence-corrected chi connectivity index (χ0v) is 18.0. The van der Waals surface area contributed by atoms with E-state index in [2.05, 4.69) is 5.32 Å². The number of carboxylic acids is 1. The molecule has 0 saturated heterocycles. The lowest BCUT2D eigenvalue weighted by molar-refractivity contribution is -0.871. The average Bonchev–Trinajstić information content (AvgIpc) is 2.58. The van der Waals surface area contributed by atoms with E-state index in [0.29, 0.717) is 30.7 Å². The molecule has 29 heavy (non-hydrogen) atoms. The van der Waals surface area contributed by atoms with Crippen LogP contribution in [0.4, 0.5) is 4.39 Å². The highest BCUT2D eigenvalue weighted by atomic mass is 19.1. The van der Waals surface area contributed by atoms with E-state index < -0.39 is 5.97 Å². The summed E-state index contributed by atoms with van der Waals surface area (Å²) in [6.07, 6.45) is 5.09. The third kappa shape index (κ3) is 13.8. The number of benzene rings is 1. The van der Waals surface area contributed by atoms with Gasteiger partial charge in [-0.3, -0.25) is 9.59 Å². The van der Waals surface area contributed by atoms with Gasteiger partial charge >= 0.3 is 5.97 Å². The molecule has 0 heterocycles. The minimum atomic E-state index is -0.900. The van der Waals surface area contributed by atoms with Crippen LogP contribution in [0, 0.1) is 5.82 Å². The standard InChI is InChI=1S/C22H35FN2O4/c1-25(2,3)16-20(15-22(27)28)24-21(26)12-7-5-4-6-8-13-29-17-18-10-9-11-19(23)14-18/h9-11,14,20H,4-8,12-13,15-17H2,1-3H3,(H-,24,26,27,28)/p+1. The van der Waals surface area contributed by atoms with Crippen LogP contribution < -0.4 is 5.32 Å². The van der Waals surface area contributed by atoms with E-state index in [4.69, 9.17) is 9.84 Å². The Hall–Kier alpha value is -1.99. The van der Waals surface area contributed by atoms with Gasteiger partial charge in [0.15, 0.2) is 0 Å². The van der Waals surface area contributed by atoms with Crippen molar-refractivity contribution in [3.05, 3.63) is 35.6 Å². The van der Waals surface area contributed by atoms with Gasteiger partial charge in [0.05, 0.1) is 46.8 Å². The van der Waals surface area contributed by atoms with Crippen LogP contribution in [0.3, 0.4) is 0 Å². The first kappa shape index (κ1) is 25.0. The molecule has 6 nitrogen and oxygen atoms in total. The largest absolute Gasteiger partial charge is 0.481 e. The van der Waals surface area contributed by atoms with Crippen molar-refractivity contribution in [1.29, 1.82) is 0 Å². The lowest BCUT2D eigenvalue weighted by Gasteiger charge is -2.29. The molecule has 0 aliphatic heterocycles. The number of amides is 1. The molecule has 1 aromatic rings. The fourth-order valence-electron chi connectivity index (χ4n) is 3.17. The monoisotopic (exact) mass is 411 g/mol. The van der Waals surface area contributed by atoms with Gasteiger partial charge in [-0.25, -0.2) is 4.39 Å². The van der Waals surface area contributed by atoms with E-state index in [-0.39, 0.29) is 24.2 Å². The Bertz CT molecular complexity index is 631. The maximum Gasteiger partial charge on any atom is 0.305 e. The van der Waals surface area contributed by atoms with E-state index in [9.17, 15) is 14.0 Å². The minimum absolute atomic E-state index is 0.0586. The van der Waals surface area contributed by atoms with Crippen molar-refractivity contribution >= 4 is 11.9 Å². The van der Waals surface area contributed by atoms with Gasteiger partial charge in [-0.15, -0.1) is 0 Å². The fraction of sp³-hybridized carbons (Fsp3) is 0.636. The molecule has 164 valence electrons. The normalized spacial score (nSPS) is 12.6. The molecule has 0 aromatic heterocycles. The molecule has 0 saturated carbocycles. The number of nitrogens with one attached hydrogen (secondary N) is 1. The number of carbonyl (C=O) groups excluding carboxylic acids is 1. The predicted octanol–water partition coefficient (Wildman–Crippen LogP) is 3.35. The van der Waals surface area contributed by atoms with Gasteiger partial charge in [-0.05, 0) is 30.5 Å². The van der Waals surface area contributed by atoms with Crippen LogP contribution >= 0.6 is 0 Å². The molecule has 1 atom stereocenters. The molecule has 0 radical (unpaired) electrons. The number of halogens is 1. The Labute approximate surface area is 173 Å². The molecule has 1 amide bonds. The van der Waals surface area contributed by atoms with Crippen LogP contribution in [0.5, 0.6) is 0 Å². The molecule has 1 aromatic carbocycles. The average molecular weight is 412 g/mol. The van der Waals surface area contributed by atoms with Gasteiger partial charge in [0.1, 0.15) is 5.82 Å². The highest BCUT2D eigenvalue weighted by Crippen LogP contribution is 2.09. The molecule has 0 aliphatic rings. The summed E-state index contributed by atoms with van der Waals surface area (Å²) in [7, 11) is 5.93. The maximum absolute atomic E-state index is 13.1. The third-order valence-corrected chi connectivity index (χ3v) is 4.40. The summed E-state index contributed by atoms with van der Waals surface area (Å²) in [6.45, 7) is 1.63. The van der Waals surface area contributed by atoms with Crippen molar-refractivity contribution < 1.29 is 28.3 Å². The van der Waals surface area contributed by atoms with Gasteiger partial charge in [0, 0.05) is 13.0 Å². The van der Waals surface area contributed by atoms with E-state index >= 15 is 0 Å². The summed E-state index contributed by atoms with van der Waals surface area (Å²) >= 11 is 0. The summed E-state index contributed by atoms with van der Waals surface area (Å²) in [5.41, 5.74) is 0.836. The molecule has 0 fully saturated rings. The van der Waals surface area contributed by atoms with Crippen molar-refractivity contribution in [2.75, 3.05) is 34.3 Å². The van der Waals surface area contributed by atoms with Crippen LogP contribution in [-0.4, -0.2) is 61.8 Å².